The summed E-state index contributed by atoms with van der Waals surface area (Å²) < 4.78 is 39.1. The van der Waals surface area contributed by atoms with Crippen LogP contribution in [-0.2, 0) is 10.8 Å². The van der Waals surface area contributed by atoms with Crippen molar-refractivity contribution in [1.82, 2.24) is 15.0 Å². The van der Waals surface area contributed by atoms with Crippen molar-refractivity contribution in [3.05, 3.63) is 258 Å². The van der Waals surface area contributed by atoms with E-state index in [0.717, 1.165) is 52.9 Å². The first-order valence-corrected chi connectivity index (χ1v) is 26.7. The molecular weight excluding hydrogens is 926 g/mol. The van der Waals surface area contributed by atoms with Crippen molar-refractivity contribution in [2.24, 2.45) is 0 Å². The summed E-state index contributed by atoms with van der Waals surface area (Å²) >= 11 is 0. The third-order valence-electron chi connectivity index (χ3n) is 15.7. The molecule has 0 bridgehead atoms. The number of aryl methyl sites for hydroxylation is 1. The highest BCUT2D eigenvalue weighted by atomic mass is 19.1. The van der Waals surface area contributed by atoms with Gasteiger partial charge < -0.3 is 0 Å². The highest BCUT2D eigenvalue weighted by Crippen LogP contribution is 2.52. The molecule has 3 heterocycles. The molecule has 0 radical (unpaired) electrons. The van der Waals surface area contributed by atoms with Crippen LogP contribution in [0.15, 0.2) is 219 Å². The van der Waals surface area contributed by atoms with Gasteiger partial charge in [0.2, 0.25) is 0 Å². The minimum atomic E-state index is -2.40. The van der Waals surface area contributed by atoms with E-state index in [2.05, 4.69) is 199 Å². The lowest BCUT2D eigenvalue weighted by atomic mass is 9.66. The van der Waals surface area contributed by atoms with Crippen LogP contribution in [0.25, 0.3) is 78.3 Å². The predicted molar refractivity (Wildman–Crippen MR) is 315 cm³/mol. The molecule has 4 heteroatoms. The van der Waals surface area contributed by atoms with Crippen molar-refractivity contribution in [3.8, 4) is 78.3 Å². The second kappa shape index (κ2) is 20.9. The number of halogens is 1. The van der Waals surface area contributed by atoms with Crippen LogP contribution in [0.1, 0.15) is 116 Å². The Morgan fingerprint density at radius 2 is 0.711 bits per heavy atom. The number of nitrogens with zero attached hydrogens (tertiary/aromatic N) is 3. The van der Waals surface area contributed by atoms with Gasteiger partial charge in [0.05, 0.1) is 17.1 Å². The molecule has 0 spiro atoms. The largest absolute Gasteiger partial charge is 0.256 e. The number of pyridine rings is 3. The molecule has 0 aliphatic heterocycles. The van der Waals surface area contributed by atoms with E-state index in [1.165, 1.54) is 67.8 Å². The van der Waals surface area contributed by atoms with Gasteiger partial charge in [0.15, 0.2) is 0 Å². The lowest BCUT2D eigenvalue weighted by Crippen LogP contribution is -2.21. The Balaban J connectivity index is 0.957. The van der Waals surface area contributed by atoms with Gasteiger partial charge in [-0.3, -0.25) is 15.0 Å². The van der Waals surface area contributed by atoms with Crippen molar-refractivity contribution in [1.29, 1.82) is 0 Å². The van der Waals surface area contributed by atoms with Crippen LogP contribution < -0.4 is 0 Å². The van der Waals surface area contributed by atoms with Crippen LogP contribution in [0.5, 0.6) is 0 Å². The molecule has 10 aromatic rings. The predicted octanol–water partition coefficient (Wildman–Crippen LogP) is 19.4. The summed E-state index contributed by atoms with van der Waals surface area (Å²) in [5.74, 6) is 0.323. The fourth-order valence-electron chi connectivity index (χ4n) is 11.5. The molecule has 3 nitrogen and oxygen atoms in total. The van der Waals surface area contributed by atoms with E-state index >= 15 is 0 Å². The Morgan fingerprint density at radius 3 is 1.08 bits per heavy atom. The van der Waals surface area contributed by atoms with Crippen molar-refractivity contribution < 1.29 is 8.50 Å². The third-order valence-corrected chi connectivity index (χ3v) is 15.7. The minimum absolute atomic E-state index is 0.0223. The fourth-order valence-corrected chi connectivity index (χ4v) is 11.5. The molecule has 2 unspecified atom stereocenters. The highest BCUT2D eigenvalue weighted by Gasteiger charge is 2.35. The van der Waals surface area contributed by atoms with Gasteiger partial charge in [-0.15, -0.1) is 0 Å². The Bertz CT molecular complexity index is 3620. The highest BCUT2D eigenvalue weighted by molar-refractivity contribution is 5.77. The standard InChI is InChI=1S/C72H66FN3/c1-47-40-68(76-46-67(47)51-32-34-60(73)35-33-51)52-26-20-48(21-27-52)61-14-8-11-17-64(61)55-41-56(65-18-12-9-15-62(65)49-22-28-53(29-23-49)69-44-58(36-38-74-69)71(2,3)4)43-57(42-55)66-19-13-10-16-63(66)50-24-30-54(31-25-50)70-45-59(37-39-75-70)72(5,6)7/h8-40,44-46,55-57H,41-43H2,1-7H3/i1D3. The minimum Gasteiger partial charge on any atom is -0.256 e. The van der Waals surface area contributed by atoms with Crippen molar-refractivity contribution in [2.45, 2.75) is 96.2 Å². The van der Waals surface area contributed by atoms with Crippen LogP contribution in [0.4, 0.5) is 4.39 Å². The quantitative estimate of drug-likeness (QED) is 0.137. The number of hydrogen-bond donors (Lipinski definition) is 0. The summed E-state index contributed by atoms with van der Waals surface area (Å²) in [5, 5.41) is 0. The second-order valence-corrected chi connectivity index (χ2v) is 22.8. The zero-order chi connectivity index (χ0) is 55.1. The van der Waals surface area contributed by atoms with Gasteiger partial charge in [-0.05, 0) is 169 Å². The van der Waals surface area contributed by atoms with Crippen LogP contribution in [-0.4, -0.2) is 15.0 Å². The van der Waals surface area contributed by atoms with Crippen LogP contribution >= 0.6 is 0 Å². The first-order valence-electron chi connectivity index (χ1n) is 28.2. The molecule has 2 atom stereocenters. The maximum Gasteiger partial charge on any atom is 0.123 e. The topological polar surface area (TPSA) is 38.7 Å². The molecule has 1 aliphatic carbocycles. The van der Waals surface area contributed by atoms with Gasteiger partial charge in [0.1, 0.15) is 5.82 Å². The summed E-state index contributed by atoms with van der Waals surface area (Å²) in [4.78, 5) is 14.3. The molecule has 376 valence electrons. The zero-order valence-electron chi connectivity index (χ0n) is 47.4. The fraction of sp³-hybridized carbons (Fsp3) is 0.208. The van der Waals surface area contributed by atoms with E-state index in [9.17, 15) is 4.39 Å². The normalized spacial score (nSPS) is 16.6. The molecule has 76 heavy (non-hydrogen) atoms. The van der Waals surface area contributed by atoms with E-state index in [-0.39, 0.29) is 40.0 Å². The molecular formula is C72H66FN3. The van der Waals surface area contributed by atoms with Gasteiger partial charge >= 0.3 is 0 Å². The summed E-state index contributed by atoms with van der Waals surface area (Å²) in [6.07, 6.45) is 8.40. The van der Waals surface area contributed by atoms with Crippen molar-refractivity contribution in [2.75, 3.05) is 0 Å². The van der Waals surface area contributed by atoms with Crippen LogP contribution in [0, 0.1) is 12.7 Å². The summed E-state index contributed by atoms with van der Waals surface area (Å²) in [6.45, 7) is 11.0. The first-order chi connectivity index (χ1) is 37.9. The average molecular weight is 995 g/mol. The maximum absolute atomic E-state index is 13.9. The Morgan fingerprint density at radius 1 is 0.382 bits per heavy atom. The van der Waals surface area contributed by atoms with Gasteiger partial charge in [0, 0.05) is 45.0 Å². The van der Waals surface area contributed by atoms with Crippen molar-refractivity contribution in [3.63, 3.8) is 0 Å². The molecule has 1 aliphatic rings. The van der Waals surface area contributed by atoms with Crippen molar-refractivity contribution >= 4 is 0 Å². The number of aromatic nitrogens is 3. The Hall–Kier alpha value is -8.08. The summed E-state index contributed by atoms with van der Waals surface area (Å²) in [5.41, 5.74) is 20.6. The first kappa shape index (κ1) is 46.5. The molecule has 0 N–H and O–H groups in total. The van der Waals surface area contributed by atoms with Gasteiger partial charge in [-0.1, -0.05) is 199 Å². The van der Waals surface area contributed by atoms with E-state index in [1.807, 2.05) is 24.5 Å². The molecule has 11 rings (SSSR count). The molecule has 1 saturated carbocycles. The average Bonchev–Trinajstić information content (AvgIpc) is 3.58. The van der Waals surface area contributed by atoms with E-state index < -0.39 is 6.85 Å². The number of benzene rings is 7. The van der Waals surface area contributed by atoms with Gasteiger partial charge in [-0.25, -0.2) is 4.39 Å². The summed E-state index contributed by atoms with van der Waals surface area (Å²) in [6, 6.07) is 69.4. The van der Waals surface area contributed by atoms with Crippen LogP contribution in [0.3, 0.4) is 0 Å². The van der Waals surface area contributed by atoms with E-state index in [4.69, 9.17) is 19.1 Å². The zero-order valence-corrected chi connectivity index (χ0v) is 44.4. The molecule has 3 aromatic heterocycles. The molecule has 7 aromatic carbocycles. The Labute approximate surface area is 453 Å². The monoisotopic (exact) mass is 995 g/mol. The van der Waals surface area contributed by atoms with Crippen LogP contribution in [0.2, 0.25) is 0 Å². The lowest BCUT2D eigenvalue weighted by molar-refractivity contribution is 0.353. The molecule has 0 amide bonds. The van der Waals surface area contributed by atoms with Gasteiger partial charge in [0.25, 0.3) is 0 Å². The number of rotatable bonds is 10. The second-order valence-electron chi connectivity index (χ2n) is 22.8. The SMILES string of the molecule is [2H]C([2H])([2H])c1cc(-c2ccc(-c3ccccc3C3CC(c4ccccc4-c4ccc(-c5cc(C(C)(C)C)ccn5)cc4)CC(c4ccccc4-c4ccc(-c5cc(C(C)(C)C)ccn5)cc4)C3)cc2)ncc1-c1ccc(F)cc1. The maximum atomic E-state index is 13.9. The molecule has 1 fully saturated rings. The van der Waals surface area contributed by atoms with E-state index in [0.29, 0.717) is 16.8 Å². The smallest absolute Gasteiger partial charge is 0.123 e. The lowest BCUT2D eigenvalue weighted by Gasteiger charge is -2.38. The van der Waals surface area contributed by atoms with Gasteiger partial charge in [-0.2, -0.15) is 0 Å². The Kier molecular flexibility index (Phi) is 12.8. The van der Waals surface area contributed by atoms with E-state index in [1.54, 1.807) is 24.4 Å². The summed E-state index contributed by atoms with van der Waals surface area (Å²) in [7, 11) is 0. The third kappa shape index (κ3) is 10.6. The molecule has 0 saturated heterocycles. The number of hydrogen-bond acceptors (Lipinski definition) is 3.